The van der Waals surface area contributed by atoms with Crippen LogP contribution in [0.25, 0.3) is 22.4 Å². The monoisotopic (exact) mass is 241 g/mol. The quantitative estimate of drug-likeness (QED) is 0.714. The van der Waals surface area contributed by atoms with Gasteiger partial charge in [0.25, 0.3) is 5.56 Å². The first-order valence-electron chi connectivity index (χ1n) is 5.54. The van der Waals surface area contributed by atoms with Gasteiger partial charge in [-0.05, 0) is 6.07 Å². The van der Waals surface area contributed by atoms with Crippen molar-refractivity contribution in [3.8, 4) is 11.4 Å². The molecule has 0 spiro atoms. The van der Waals surface area contributed by atoms with E-state index in [1.54, 1.807) is 6.26 Å². The van der Waals surface area contributed by atoms with Crippen LogP contribution in [0.2, 0.25) is 0 Å². The van der Waals surface area contributed by atoms with Crippen molar-refractivity contribution < 1.29 is 4.42 Å². The summed E-state index contributed by atoms with van der Waals surface area (Å²) in [6.07, 6.45) is 3.08. The van der Waals surface area contributed by atoms with Gasteiger partial charge in [0.2, 0.25) is 0 Å². The number of nitrogens with one attached hydrogen (secondary N) is 1. The highest BCUT2D eigenvalue weighted by molar-refractivity contribution is 5.91. The Bertz CT molecular complexity index is 758. The van der Waals surface area contributed by atoms with Crippen LogP contribution in [0.3, 0.4) is 0 Å². The molecular weight excluding hydrogens is 230 g/mol. The fourth-order valence-electron chi connectivity index (χ4n) is 1.86. The lowest BCUT2D eigenvalue weighted by atomic mass is 10.1. The number of nitrogens with two attached hydrogens (primary N) is 1. The maximum Gasteiger partial charge on any atom is 0.255 e. The van der Waals surface area contributed by atoms with Crippen molar-refractivity contribution in [2.75, 3.05) is 0 Å². The molecule has 5 nitrogen and oxygen atoms in total. The Hall–Kier alpha value is -2.40. The van der Waals surface area contributed by atoms with Gasteiger partial charge in [0.15, 0.2) is 0 Å². The Morgan fingerprint density at radius 3 is 2.94 bits per heavy atom. The molecule has 0 bridgehead atoms. The van der Waals surface area contributed by atoms with Gasteiger partial charge in [-0.1, -0.05) is 18.2 Å². The fraction of sp³-hybridized carbons (Fsp3) is 0.0769. The maximum absolute atomic E-state index is 11.7. The Kier molecular flexibility index (Phi) is 2.46. The summed E-state index contributed by atoms with van der Waals surface area (Å²) in [6, 6.07) is 7.59. The van der Waals surface area contributed by atoms with Gasteiger partial charge in [0, 0.05) is 23.7 Å². The van der Waals surface area contributed by atoms with E-state index in [4.69, 9.17) is 10.2 Å². The zero-order valence-electron chi connectivity index (χ0n) is 9.51. The Labute approximate surface area is 102 Å². The Morgan fingerprint density at radius 1 is 1.33 bits per heavy atom. The van der Waals surface area contributed by atoms with E-state index < -0.39 is 0 Å². The van der Waals surface area contributed by atoms with Crippen molar-refractivity contribution >= 4 is 11.0 Å². The van der Waals surface area contributed by atoms with Gasteiger partial charge >= 0.3 is 0 Å². The molecule has 0 atom stereocenters. The van der Waals surface area contributed by atoms with Gasteiger partial charge in [-0.2, -0.15) is 0 Å². The molecule has 18 heavy (non-hydrogen) atoms. The number of furan rings is 1. The molecule has 3 rings (SSSR count). The number of fused-ring (bicyclic) bond motifs is 1. The average Bonchev–Trinajstić information content (AvgIpc) is 2.82. The van der Waals surface area contributed by atoms with E-state index in [1.165, 1.54) is 6.20 Å². The highest BCUT2D eigenvalue weighted by Crippen LogP contribution is 2.27. The third-order valence-corrected chi connectivity index (χ3v) is 2.83. The number of H-pyrrole nitrogens is 1. The van der Waals surface area contributed by atoms with Crippen molar-refractivity contribution in [1.82, 2.24) is 9.97 Å². The summed E-state index contributed by atoms with van der Waals surface area (Å²) in [4.78, 5) is 18.6. The van der Waals surface area contributed by atoms with Crippen LogP contribution in [0, 0.1) is 0 Å². The summed E-state index contributed by atoms with van der Waals surface area (Å²) in [7, 11) is 0. The number of hydrogen-bond acceptors (Lipinski definition) is 4. The number of benzene rings is 1. The topological polar surface area (TPSA) is 84.9 Å². The summed E-state index contributed by atoms with van der Waals surface area (Å²) >= 11 is 0. The molecule has 0 radical (unpaired) electrons. The van der Waals surface area contributed by atoms with E-state index in [0.29, 0.717) is 11.4 Å². The fourth-order valence-corrected chi connectivity index (χ4v) is 1.86. The van der Waals surface area contributed by atoms with Gasteiger partial charge in [-0.3, -0.25) is 4.79 Å². The maximum atomic E-state index is 11.7. The second-order valence-corrected chi connectivity index (χ2v) is 3.94. The van der Waals surface area contributed by atoms with Gasteiger partial charge in [0.1, 0.15) is 17.7 Å². The molecule has 3 aromatic rings. The van der Waals surface area contributed by atoms with Crippen molar-refractivity contribution in [3.63, 3.8) is 0 Å². The third-order valence-electron chi connectivity index (χ3n) is 2.83. The molecule has 5 heteroatoms. The van der Waals surface area contributed by atoms with E-state index in [0.717, 1.165) is 16.5 Å². The van der Waals surface area contributed by atoms with Crippen LogP contribution in [0.4, 0.5) is 0 Å². The molecule has 0 saturated heterocycles. The minimum atomic E-state index is -0.215. The summed E-state index contributed by atoms with van der Waals surface area (Å²) in [5.41, 5.74) is 7.21. The first kappa shape index (κ1) is 10.7. The van der Waals surface area contributed by atoms with Crippen molar-refractivity contribution in [1.29, 1.82) is 0 Å². The highest BCUT2D eigenvalue weighted by atomic mass is 16.3. The van der Waals surface area contributed by atoms with Crippen LogP contribution in [0.15, 0.2) is 45.9 Å². The predicted octanol–water partition coefficient (Wildman–Crippen LogP) is 1.64. The number of hydrogen-bond donors (Lipinski definition) is 2. The molecule has 0 fully saturated rings. The van der Waals surface area contributed by atoms with Gasteiger partial charge in [0.05, 0.1) is 5.56 Å². The number of rotatable bonds is 2. The lowest BCUT2D eigenvalue weighted by molar-refractivity contribution is 0.616. The lowest BCUT2D eigenvalue weighted by Gasteiger charge is -1.99. The zero-order chi connectivity index (χ0) is 12.5. The van der Waals surface area contributed by atoms with E-state index in [-0.39, 0.29) is 12.1 Å². The number of aromatic amines is 1. The minimum Gasteiger partial charge on any atom is -0.464 e. The number of nitrogens with zero attached hydrogens (tertiary/aromatic N) is 1. The van der Waals surface area contributed by atoms with Crippen LogP contribution >= 0.6 is 0 Å². The summed E-state index contributed by atoms with van der Waals surface area (Å²) < 4.78 is 5.41. The summed E-state index contributed by atoms with van der Waals surface area (Å²) in [5, 5.41) is 0.918. The van der Waals surface area contributed by atoms with Gasteiger partial charge in [-0.15, -0.1) is 0 Å². The highest BCUT2D eigenvalue weighted by Gasteiger charge is 2.10. The summed E-state index contributed by atoms with van der Waals surface area (Å²) in [6.45, 7) is 0.175. The largest absolute Gasteiger partial charge is 0.464 e. The van der Waals surface area contributed by atoms with Crippen LogP contribution in [-0.4, -0.2) is 9.97 Å². The zero-order valence-corrected chi connectivity index (χ0v) is 9.51. The smallest absolute Gasteiger partial charge is 0.255 e. The summed E-state index contributed by atoms with van der Waals surface area (Å²) in [5.74, 6) is 0.488. The molecule has 2 heterocycles. The van der Waals surface area contributed by atoms with Crippen LogP contribution in [-0.2, 0) is 6.54 Å². The van der Waals surface area contributed by atoms with E-state index in [1.807, 2.05) is 24.3 Å². The second kappa shape index (κ2) is 4.12. The molecule has 0 unspecified atom stereocenters. The van der Waals surface area contributed by atoms with E-state index >= 15 is 0 Å². The van der Waals surface area contributed by atoms with Gasteiger partial charge < -0.3 is 15.1 Å². The van der Waals surface area contributed by atoms with E-state index in [9.17, 15) is 4.79 Å². The normalized spacial score (nSPS) is 10.9. The Balaban J connectivity index is 2.20. The molecule has 2 aromatic heterocycles. The molecule has 0 aliphatic heterocycles. The van der Waals surface area contributed by atoms with Gasteiger partial charge in [-0.25, -0.2) is 4.98 Å². The number of aromatic nitrogens is 2. The molecule has 3 N–H and O–H groups in total. The molecule has 0 saturated carbocycles. The second-order valence-electron chi connectivity index (χ2n) is 3.94. The third kappa shape index (κ3) is 1.61. The standard InChI is InChI=1S/C13H11N3O2/c14-5-8-6-15-12(16-13(8)17)10-7-18-11-4-2-1-3-9(10)11/h1-4,6-7H,5,14H2,(H,15,16,17). The van der Waals surface area contributed by atoms with Crippen LogP contribution in [0.1, 0.15) is 5.56 Å². The van der Waals surface area contributed by atoms with Crippen molar-refractivity contribution in [2.45, 2.75) is 6.54 Å². The lowest BCUT2D eigenvalue weighted by Crippen LogP contribution is -2.17. The first-order chi connectivity index (χ1) is 8.79. The predicted molar refractivity (Wildman–Crippen MR) is 68.0 cm³/mol. The first-order valence-corrected chi connectivity index (χ1v) is 5.54. The molecule has 0 aliphatic rings. The van der Waals surface area contributed by atoms with Crippen LogP contribution < -0.4 is 11.3 Å². The molecule has 0 aliphatic carbocycles. The minimum absolute atomic E-state index is 0.175. The van der Waals surface area contributed by atoms with Crippen LogP contribution in [0.5, 0.6) is 0 Å². The molecular formula is C13H11N3O2. The molecule has 1 aromatic carbocycles. The molecule has 0 amide bonds. The number of para-hydroxylation sites is 1. The SMILES string of the molecule is NCc1cnc(-c2coc3ccccc23)[nH]c1=O. The Morgan fingerprint density at radius 2 is 2.17 bits per heavy atom. The average molecular weight is 241 g/mol. The van der Waals surface area contributed by atoms with E-state index in [2.05, 4.69) is 9.97 Å². The van der Waals surface area contributed by atoms with Crippen molar-refractivity contribution in [2.24, 2.45) is 5.73 Å². The molecule has 90 valence electrons. The van der Waals surface area contributed by atoms with Crippen molar-refractivity contribution in [3.05, 3.63) is 52.6 Å².